The molecule has 0 radical (unpaired) electrons. The number of carbonyl (C=O) groups is 1. The lowest BCUT2D eigenvalue weighted by molar-refractivity contribution is 0.193. The Labute approximate surface area is 193 Å². The number of amides is 2. The van der Waals surface area contributed by atoms with Crippen molar-refractivity contribution in [3.8, 4) is 11.5 Å². The molecule has 1 aliphatic heterocycles. The van der Waals surface area contributed by atoms with Crippen LogP contribution in [0.25, 0.3) is 10.9 Å². The third kappa shape index (κ3) is 3.89. The summed E-state index contributed by atoms with van der Waals surface area (Å²) < 4.78 is 10.8. The van der Waals surface area contributed by atoms with E-state index in [9.17, 15) is 4.79 Å². The third-order valence-corrected chi connectivity index (χ3v) is 6.33. The maximum Gasteiger partial charge on any atom is 0.322 e. The molecule has 0 aliphatic carbocycles. The van der Waals surface area contributed by atoms with Gasteiger partial charge in [0.05, 0.1) is 20.3 Å². The highest BCUT2D eigenvalue weighted by Gasteiger charge is 2.34. The van der Waals surface area contributed by atoms with Crippen LogP contribution in [0, 0.1) is 6.92 Å². The number of aromatic amines is 1. The predicted molar refractivity (Wildman–Crippen MR) is 130 cm³/mol. The van der Waals surface area contributed by atoms with Crippen LogP contribution in [0.3, 0.4) is 0 Å². The number of urea groups is 1. The van der Waals surface area contributed by atoms with Crippen LogP contribution in [0.15, 0.2) is 66.7 Å². The molecule has 2 N–H and O–H groups in total. The highest BCUT2D eigenvalue weighted by Crippen LogP contribution is 2.40. The molecular weight excluding hydrogens is 414 g/mol. The van der Waals surface area contributed by atoms with Crippen molar-refractivity contribution in [2.24, 2.45) is 0 Å². The Morgan fingerprint density at radius 1 is 0.970 bits per heavy atom. The van der Waals surface area contributed by atoms with Crippen LogP contribution in [-0.2, 0) is 6.42 Å². The van der Waals surface area contributed by atoms with Gasteiger partial charge >= 0.3 is 6.03 Å². The number of ether oxygens (including phenoxy) is 2. The number of nitrogens with one attached hydrogen (secondary N) is 2. The smallest absolute Gasteiger partial charge is 0.322 e. The Balaban J connectivity index is 1.57. The number of hydrogen-bond acceptors (Lipinski definition) is 3. The van der Waals surface area contributed by atoms with E-state index in [0.29, 0.717) is 6.54 Å². The Bertz CT molecular complexity index is 1290. The van der Waals surface area contributed by atoms with Crippen LogP contribution in [-0.4, -0.2) is 36.7 Å². The number of methoxy groups -OCH3 is 2. The largest absolute Gasteiger partial charge is 0.497 e. The lowest BCUT2D eigenvalue weighted by Gasteiger charge is -2.36. The average Bonchev–Trinajstić information content (AvgIpc) is 3.22. The van der Waals surface area contributed by atoms with Crippen molar-refractivity contribution in [2.45, 2.75) is 19.4 Å². The van der Waals surface area contributed by atoms with Crippen LogP contribution < -0.4 is 14.8 Å². The maximum atomic E-state index is 13.4. The van der Waals surface area contributed by atoms with E-state index in [1.54, 1.807) is 14.2 Å². The molecule has 2 amide bonds. The van der Waals surface area contributed by atoms with E-state index >= 15 is 0 Å². The molecule has 6 nitrogen and oxygen atoms in total. The fourth-order valence-corrected chi connectivity index (χ4v) is 4.58. The number of hydrogen-bond donors (Lipinski definition) is 2. The third-order valence-electron chi connectivity index (χ3n) is 6.33. The Morgan fingerprint density at radius 2 is 1.67 bits per heavy atom. The molecule has 168 valence electrons. The SMILES string of the molecule is COc1ccc(C2c3[nH]c4ccc(OC)cc4c3CCN2C(=O)Nc2ccc(C)cc2)cc1. The van der Waals surface area contributed by atoms with Crippen LogP contribution in [0.2, 0.25) is 0 Å². The van der Waals surface area contributed by atoms with Gasteiger partial charge in [-0.3, -0.25) is 0 Å². The van der Waals surface area contributed by atoms with Gasteiger partial charge < -0.3 is 24.7 Å². The molecule has 33 heavy (non-hydrogen) atoms. The predicted octanol–water partition coefficient (Wildman–Crippen LogP) is 5.67. The van der Waals surface area contributed by atoms with Gasteiger partial charge in [0, 0.05) is 28.8 Å². The Hall–Kier alpha value is -3.93. The van der Waals surface area contributed by atoms with E-state index in [-0.39, 0.29) is 12.1 Å². The van der Waals surface area contributed by atoms with Crippen LogP contribution >= 0.6 is 0 Å². The van der Waals surface area contributed by atoms with E-state index in [0.717, 1.165) is 51.3 Å². The highest BCUT2D eigenvalue weighted by molar-refractivity contribution is 5.92. The monoisotopic (exact) mass is 441 g/mol. The zero-order chi connectivity index (χ0) is 22.9. The van der Waals surface area contributed by atoms with Crippen molar-refractivity contribution in [1.29, 1.82) is 0 Å². The van der Waals surface area contributed by atoms with Crippen molar-refractivity contribution in [3.05, 3.63) is 89.1 Å². The second-order valence-electron chi connectivity index (χ2n) is 8.34. The van der Waals surface area contributed by atoms with E-state index in [2.05, 4.69) is 16.4 Å². The second-order valence-corrected chi connectivity index (χ2v) is 8.34. The molecular formula is C27H27N3O3. The van der Waals surface area contributed by atoms with Gasteiger partial charge in [-0.1, -0.05) is 29.8 Å². The lowest BCUT2D eigenvalue weighted by Crippen LogP contribution is -2.43. The summed E-state index contributed by atoms with van der Waals surface area (Å²) in [5, 5.41) is 4.21. The minimum Gasteiger partial charge on any atom is -0.497 e. The average molecular weight is 442 g/mol. The number of nitrogens with zero attached hydrogens (tertiary/aromatic N) is 1. The quantitative estimate of drug-likeness (QED) is 0.429. The number of benzene rings is 3. The molecule has 5 rings (SSSR count). The first-order chi connectivity index (χ1) is 16.1. The van der Waals surface area contributed by atoms with Gasteiger partial charge in [-0.25, -0.2) is 4.79 Å². The van der Waals surface area contributed by atoms with Crippen LogP contribution in [0.5, 0.6) is 11.5 Å². The van der Waals surface area contributed by atoms with E-state index in [1.807, 2.05) is 72.5 Å². The summed E-state index contributed by atoms with van der Waals surface area (Å²) in [7, 11) is 3.33. The van der Waals surface area contributed by atoms with Crippen molar-refractivity contribution < 1.29 is 14.3 Å². The fourth-order valence-electron chi connectivity index (χ4n) is 4.58. The summed E-state index contributed by atoms with van der Waals surface area (Å²) in [6.07, 6.45) is 0.760. The molecule has 0 spiro atoms. The number of carbonyl (C=O) groups excluding carboxylic acids is 1. The molecule has 1 aliphatic rings. The van der Waals surface area contributed by atoms with Crippen molar-refractivity contribution in [3.63, 3.8) is 0 Å². The summed E-state index contributed by atoms with van der Waals surface area (Å²) in [6.45, 7) is 2.63. The number of rotatable bonds is 4. The van der Waals surface area contributed by atoms with Crippen molar-refractivity contribution in [2.75, 3.05) is 26.1 Å². The van der Waals surface area contributed by atoms with Gasteiger partial charge in [0.15, 0.2) is 0 Å². The molecule has 4 aromatic rings. The summed E-state index contributed by atoms with van der Waals surface area (Å²) in [4.78, 5) is 18.9. The molecule has 2 heterocycles. The summed E-state index contributed by atoms with van der Waals surface area (Å²) in [5.41, 5.74) is 6.26. The number of aromatic nitrogens is 1. The molecule has 6 heteroatoms. The topological polar surface area (TPSA) is 66.6 Å². The summed E-state index contributed by atoms with van der Waals surface area (Å²) in [5.74, 6) is 1.61. The summed E-state index contributed by atoms with van der Waals surface area (Å²) in [6, 6.07) is 21.5. The summed E-state index contributed by atoms with van der Waals surface area (Å²) >= 11 is 0. The van der Waals surface area contributed by atoms with Gasteiger partial charge in [0.2, 0.25) is 0 Å². The standard InChI is InChI=1S/C27H27N3O3/c1-17-4-8-19(9-5-17)28-27(31)30-15-14-22-23-16-21(33-3)12-13-24(23)29-25(22)26(30)18-6-10-20(32-2)11-7-18/h4-13,16,26,29H,14-15H2,1-3H3,(H,28,31). The van der Waals surface area contributed by atoms with Crippen LogP contribution in [0.1, 0.15) is 28.4 Å². The lowest BCUT2D eigenvalue weighted by atomic mass is 9.92. The molecule has 0 saturated carbocycles. The maximum absolute atomic E-state index is 13.4. The molecule has 1 unspecified atom stereocenters. The van der Waals surface area contributed by atoms with E-state index in [4.69, 9.17) is 9.47 Å². The van der Waals surface area contributed by atoms with Crippen LogP contribution in [0.4, 0.5) is 10.5 Å². The van der Waals surface area contributed by atoms with Gasteiger partial charge in [-0.2, -0.15) is 0 Å². The first kappa shape index (κ1) is 20.9. The fraction of sp³-hybridized carbons (Fsp3) is 0.222. The molecule has 0 fully saturated rings. The zero-order valence-electron chi connectivity index (χ0n) is 19.0. The van der Waals surface area contributed by atoms with Crippen molar-refractivity contribution >= 4 is 22.6 Å². The molecule has 3 aromatic carbocycles. The van der Waals surface area contributed by atoms with Crippen molar-refractivity contribution in [1.82, 2.24) is 9.88 Å². The molecule has 0 saturated heterocycles. The number of aryl methyl sites for hydroxylation is 1. The first-order valence-electron chi connectivity index (χ1n) is 11.0. The number of H-pyrrole nitrogens is 1. The van der Waals surface area contributed by atoms with Gasteiger partial charge in [0.1, 0.15) is 11.5 Å². The van der Waals surface area contributed by atoms with Gasteiger partial charge in [0.25, 0.3) is 0 Å². The number of fused-ring (bicyclic) bond motifs is 3. The van der Waals surface area contributed by atoms with Gasteiger partial charge in [-0.05, 0) is 66.9 Å². The minimum atomic E-state index is -0.247. The zero-order valence-corrected chi connectivity index (χ0v) is 19.0. The van der Waals surface area contributed by atoms with Gasteiger partial charge in [-0.15, -0.1) is 0 Å². The Morgan fingerprint density at radius 3 is 2.36 bits per heavy atom. The molecule has 0 bridgehead atoms. The normalized spacial score (nSPS) is 15.2. The second kappa shape index (κ2) is 8.54. The van der Waals surface area contributed by atoms with E-state index in [1.165, 1.54) is 5.56 Å². The molecule has 1 atom stereocenters. The number of anilines is 1. The molecule has 1 aromatic heterocycles. The highest BCUT2D eigenvalue weighted by atomic mass is 16.5. The first-order valence-corrected chi connectivity index (χ1v) is 11.0. The Kier molecular flexibility index (Phi) is 5.42. The van der Waals surface area contributed by atoms with E-state index < -0.39 is 0 Å². The minimum absolute atomic E-state index is 0.124.